The van der Waals surface area contributed by atoms with Crippen molar-refractivity contribution in [2.75, 3.05) is 0 Å². The minimum Gasteiger partial charge on any atom is -0.481 e. The van der Waals surface area contributed by atoms with Crippen LogP contribution in [0, 0.1) is 11.8 Å². The van der Waals surface area contributed by atoms with E-state index in [1.807, 2.05) is 6.08 Å². The normalized spacial score (nSPS) is 29.7. The molecule has 0 spiro atoms. The van der Waals surface area contributed by atoms with Crippen LogP contribution in [0.3, 0.4) is 0 Å². The van der Waals surface area contributed by atoms with Gasteiger partial charge in [0.1, 0.15) is 0 Å². The number of aliphatic imine (C=N–C) groups is 1. The Bertz CT molecular complexity index is 680. The maximum atomic E-state index is 11.0. The summed E-state index contributed by atoms with van der Waals surface area (Å²) in [6, 6.07) is 0.0619. The Morgan fingerprint density at radius 3 is 3.05 bits per heavy atom. The molecule has 0 amide bonds. The molecule has 2 aliphatic carbocycles. The highest BCUT2D eigenvalue weighted by Crippen LogP contribution is 2.38. The van der Waals surface area contributed by atoms with E-state index in [0.29, 0.717) is 12.3 Å². The van der Waals surface area contributed by atoms with Crippen LogP contribution < -0.4 is 0 Å². The monoisotopic (exact) mass is 281 g/mol. The maximum Gasteiger partial charge on any atom is 0.303 e. The van der Waals surface area contributed by atoms with Gasteiger partial charge in [-0.25, -0.2) is 0 Å². The summed E-state index contributed by atoms with van der Waals surface area (Å²) in [5.41, 5.74) is 10.7. The lowest BCUT2D eigenvalue weighted by atomic mass is 9.77. The second-order valence-corrected chi connectivity index (χ2v) is 6.06. The third-order valence-electron chi connectivity index (χ3n) is 4.32. The molecule has 3 unspecified atom stereocenters. The van der Waals surface area contributed by atoms with Crippen molar-refractivity contribution >= 4 is 11.7 Å². The zero-order chi connectivity index (χ0) is 15.0. The van der Waals surface area contributed by atoms with Gasteiger partial charge in [-0.15, -0.1) is 0 Å². The average molecular weight is 281 g/mol. The second-order valence-electron chi connectivity index (χ2n) is 6.06. The van der Waals surface area contributed by atoms with Gasteiger partial charge in [-0.05, 0) is 42.1 Å². The van der Waals surface area contributed by atoms with Crippen LogP contribution in [0.25, 0.3) is 0 Å². The van der Waals surface area contributed by atoms with Gasteiger partial charge in [0.25, 0.3) is 0 Å². The predicted molar refractivity (Wildman–Crippen MR) is 82.3 cm³/mol. The molecule has 108 valence electrons. The molecule has 21 heavy (non-hydrogen) atoms. The molecule has 0 saturated carbocycles. The van der Waals surface area contributed by atoms with E-state index in [2.05, 4.69) is 37.5 Å². The third kappa shape index (κ3) is 2.58. The topological polar surface area (TPSA) is 49.7 Å². The van der Waals surface area contributed by atoms with Crippen LogP contribution in [-0.2, 0) is 4.79 Å². The van der Waals surface area contributed by atoms with Gasteiger partial charge in [-0.1, -0.05) is 31.4 Å². The highest BCUT2D eigenvalue weighted by Gasteiger charge is 2.32. The first-order valence-corrected chi connectivity index (χ1v) is 7.48. The quantitative estimate of drug-likeness (QED) is 0.805. The molecule has 1 aliphatic heterocycles. The first-order chi connectivity index (χ1) is 10.1. The van der Waals surface area contributed by atoms with Crippen LogP contribution in [0.5, 0.6) is 0 Å². The number of fused-ring (bicyclic) bond motifs is 2. The number of aliphatic carboxylic acids is 1. The van der Waals surface area contributed by atoms with Gasteiger partial charge in [0, 0.05) is 17.9 Å². The molecule has 3 heteroatoms. The van der Waals surface area contributed by atoms with Crippen LogP contribution >= 0.6 is 0 Å². The van der Waals surface area contributed by atoms with Gasteiger partial charge in [-0.3, -0.25) is 9.79 Å². The Balaban J connectivity index is 2.10. The van der Waals surface area contributed by atoms with Crippen molar-refractivity contribution in [3.05, 3.63) is 46.4 Å². The van der Waals surface area contributed by atoms with Gasteiger partial charge in [-0.2, -0.15) is 0 Å². The number of allylic oxidation sites excluding steroid dienone is 3. The number of hydrogen-bond acceptors (Lipinski definition) is 2. The third-order valence-corrected chi connectivity index (χ3v) is 4.32. The Morgan fingerprint density at radius 1 is 1.48 bits per heavy atom. The predicted octanol–water partition coefficient (Wildman–Crippen LogP) is 3.45. The van der Waals surface area contributed by atoms with Crippen molar-refractivity contribution in [2.45, 2.75) is 39.2 Å². The Hall–Kier alpha value is -2.08. The van der Waals surface area contributed by atoms with E-state index < -0.39 is 5.97 Å². The van der Waals surface area contributed by atoms with Crippen molar-refractivity contribution in [3.63, 3.8) is 0 Å². The number of dihydropyridines is 1. The van der Waals surface area contributed by atoms with Crippen LogP contribution in [-0.4, -0.2) is 22.8 Å². The van der Waals surface area contributed by atoms with E-state index in [-0.39, 0.29) is 18.4 Å². The molecule has 3 atom stereocenters. The molecule has 0 radical (unpaired) electrons. The Kier molecular flexibility index (Phi) is 3.55. The van der Waals surface area contributed by atoms with E-state index in [1.165, 1.54) is 5.57 Å². The van der Waals surface area contributed by atoms with Crippen LogP contribution in [0.4, 0.5) is 0 Å². The van der Waals surface area contributed by atoms with Crippen molar-refractivity contribution < 1.29 is 9.90 Å². The number of carboxylic acids is 1. The van der Waals surface area contributed by atoms with Crippen LogP contribution in [0.15, 0.2) is 51.4 Å². The molecule has 0 aromatic heterocycles. The summed E-state index contributed by atoms with van der Waals surface area (Å²) in [6.07, 6.45) is 7.91. The summed E-state index contributed by atoms with van der Waals surface area (Å²) in [7, 11) is 0. The molecule has 3 rings (SSSR count). The molecule has 0 fully saturated rings. The lowest BCUT2D eigenvalue weighted by Crippen LogP contribution is -2.28. The van der Waals surface area contributed by atoms with E-state index in [4.69, 9.17) is 10.1 Å². The standard InChI is InChI=1S/C18H19NO2/c1-11-6-8-16-15(10-11)13(7-9-17(20)21)14-5-3-4-12(2)18(14)19-16/h4,6,8,11-12,18H,7,9-10H2,1-2H3,(H,20,21). The number of carbonyl (C=O) groups is 1. The molecule has 1 N–H and O–H groups in total. The first kappa shape index (κ1) is 13.9. The maximum absolute atomic E-state index is 11.0. The van der Waals surface area contributed by atoms with Crippen molar-refractivity contribution in [2.24, 2.45) is 16.8 Å². The molecule has 1 heterocycles. The van der Waals surface area contributed by atoms with Gasteiger partial charge < -0.3 is 5.11 Å². The Morgan fingerprint density at radius 2 is 2.29 bits per heavy atom. The van der Waals surface area contributed by atoms with E-state index in [1.54, 1.807) is 0 Å². The smallest absolute Gasteiger partial charge is 0.303 e. The van der Waals surface area contributed by atoms with Crippen LogP contribution in [0.2, 0.25) is 0 Å². The van der Waals surface area contributed by atoms with E-state index in [9.17, 15) is 4.79 Å². The Labute approximate surface area is 124 Å². The summed E-state index contributed by atoms with van der Waals surface area (Å²) in [6.45, 7) is 4.30. The fraction of sp³-hybridized carbons (Fsp3) is 0.444. The highest BCUT2D eigenvalue weighted by molar-refractivity contribution is 6.11. The summed E-state index contributed by atoms with van der Waals surface area (Å²) < 4.78 is 0. The molecular formula is C18H19NO2. The van der Waals surface area contributed by atoms with Gasteiger partial charge >= 0.3 is 5.97 Å². The molecule has 0 bridgehead atoms. The van der Waals surface area contributed by atoms with Gasteiger partial charge in [0.05, 0.1) is 11.8 Å². The average Bonchev–Trinajstić information content (AvgIpc) is 2.44. The number of rotatable bonds is 3. The zero-order valence-electron chi connectivity index (χ0n) is 12.4. The molecular weight excluding hydrogens is 262 g/mol. The lowest BCUT2D eigenvalue weighted by Gasteiger charge is -2.32. The van der Waals surface area contributed by atoms with Gasteiger partial charge in [0.15, 0.2) is 0 Å². The van der Waals surface area contributed by atoms with Crippen molar-refractivity contribution in [3.8, 4) is 0 Å². The van der Waals surface area contributed by atoms with E-state index >= 15 is 0 Å². The molecule has 0 saturated heterocycles. The summed E-state index contributed by atoms with van der Waals surface area (Å²) in [5.74, 6) is -0.00793. The molecule has 3 aliphatic rings. The fourth-order valence-corrected chi connectivity index (χ4v) is 3.19. The van der Waals surface area contributed by atoms with E-state index in [0.717, 1.165) is 23.3 Å². The second kappa shape index (κ2) is 5.37. The van der Waals surface area contributed by atoms with Crippen molar-refractivity contribution in [1.29, 1.82) is 0 Å². The number of nitrogens with zero attached hydrogens (tertiary/aromatic N) is 1. The lowest BCUT2D eigenvalue weighted by molar-refractivity contribution is -0.136. The van der Waals surface area contributed by atoms with Crippen molar-refractivity contribution in [1.82, 2.24) is 0 Å². The number of hydrogen-bond donors (Lipinski definition) is 1. The largest absolute Gasteiger partial charge is 0.481 e. The first-order valence-electron chi connectivity index (χ1n) is 7.48. The highest BCUT2D eigenvalue weighted by atomic mass is 16.4. The molecule has 0 aromatic rings. The molecule has 0 aromatic carbocycles. The molecule has 3 nitrogen and oxygen atoms in total. The van der Waals surface area contributed by atoms with Crippen LogP contribution in [0.1, 0.15) is 33.1 Å². The summed E-state index contributed by atoms with van der Waals surface area (Å²) in [4.78, 5) is 15.8. The SMILES string of the molecule is CC1C=CC2=NC3C(=C=C=CC3C)C(CCC(=O)O)=C2C1. The number of carboxylic acid groups (broad SMARTS) is 1. The zero-order valence-corrected chi connectivity index (χ0v) is 12.4. The minimum atomic E-state index is -0.757. The fourth-order valence-electron chi connectivity index (χ4n) is 3.19. The summed E-state index contributed by atoms with van der Waals surface area (Å²) >= 11 is 0. The van der Waals surface area contributed by atoms with Gasteiger partial charge in [0.2, 0.25) is 0 Å². The minimum absolute atomic E-state index is 0.0619. The summed E-state index contributed by atoms with van der Waals surface area (Å²) in [5, 5.41) is 9.02.